The maximum Gasteiger partial charge on any atom is 0.0991 e. The summed E-state index contributed by atoms with van der Waals surface area (Å²) in [7, 11) is 0. The number of ether oxygens (including phenoxy) is 1. The maximum absolute atomic E-state index is 9.52. The molecule has 0 aromatic heterocycles. The lowest BCUT2D eigenvalue weighted by Crippen LogP contribution is -2.38. The fourth-order valence-corrected chi connectivity index (χ4v) is 1.68. The van der Waals surface area contributed by atoms with Crippen molar-refractivity contribution in [1.29, 1.82) is 5.26 Å². The molecule has 2 rings (SSSR count). The van der Waals surface area contributed by atoms with Gasteiger partial charge in [-0.15, -0.1) is 0 Å². The quantitative estimate of drug-likeness (QED) is 0.771. The number of hydrogen-bond donors (Lipinski definition) is 2. The van der Waals surface area contributed by atoms with Gasteiger partial charge in [0.2, 0.25) is 0 Å². The second kappa shape index (κ2) is 5.08. The number of aliphatic hydroxyl groups is 1. The third-order valence-corrected chi connectivity index (χ3v) is 2.70. The molecule has 0 saturated carbocycles. The number of benzene rings is 1. The first kappa shape index (κ1) is 11.1. The second-order valence-corrected chi connectivity index (χ2v) is 3.90. The summed E-state index contributed by atoms with van der Waals surface area (Å²) >= 11 is 0. The minimum Gasteiger partial charge on any atom is -0.389 e. The van der Waals surface area contributed by atoms with Gasteiger partial charge in [-0.3, -0.25) is 0 Å². The highest BCUT2D eigenvalue weighted by atomic mass is 16.5. The van der Waals surface area contributed by atoms with Gasteiger partial charge < -0.3 is 15.2 Å². The Bertz CT molecular complexity index is 383. The number of aliphatic hydroxyl groups excluding tert-OH is 1. The molecular formula is C12H14N2O2. The minimum absolute atomic E-state index is 0.00985. The van der Waals surface area contributed by atoms with Crippen molar-refractivity contribution in [3.63, 3.8) is 0 Å². The van der Waals surface area contributed by atoms with Crippen LogP contribution in [-0.2, 0) is 11.3 Å². The molecule has 1 aliphatic heterocycles. The van der Waals surface area contributed by atoms with E-state index in [0.717, 1.165) is 5.56 Å². The van der Waals surface area contributed by atoms with E-state index in [-0.39, 0.29) is 6.04 Å². The predicted octanol–water partition coefficient (Wildman–Crippen LogP) is 0.408. The van der Waals surface area contributed by atoms with Crippen molar-refractivity contribution in [3.05, 3.63) is 35.4 Å². The van der Waals surface area contributed by atoms with E-state index in [4.69, 9.17) is 10.00 Å². The summed E-state index contributed by atoms with van der Waals surface area (Å²) in [4.78, 5) is 0. The van der Waals surface area contributed by atoms with Crippen LogP contribution in [0.25, 0.3) is 0 Å². The van der Waals surface area contributed by atoms with E-state index < -0.39 is 6.10 Å². The van der Waals surface area contributed by atoms with Crippen LogP contribution in [0.2, 0.25) is 0 Å². The van der Waals surface area contributed by atoms with Crippen LogP contribution in [0.1, 0.15) is 11.1 Å². The van der Waals surface area contributed by atoms with Crippen LogP contribution in [0.5, 0.6) is 0 Å². The van der Waals surface area contributed by atoms with Gasteiger partial charge in [0, 0.05) is 6.54 Å². The van der Waals surface area contributed by atoms with E-state index in [1.54, 1.807) is 12.1 Å². The van der Waals surface area contributed by atoms with Gasteiger partial charge in [0.25, 0.3) is 0 Å². The number of hydrogen-bond acceptors (Lipinski definition) is 4. The third-order valence-electron chi connectivity index (χ3n) is 2.70. The first-order chi connectivity index (χ1) is 7.79. The molecular weight excluding hydrogens is 204 g/mol. The summed E-state index contributed by atoms with van der Waals surface area (Å²) in [5, 5.41) is 21.4. The van der Waals surface area contributed by atoms with Crippen molar-refractivity contribution >= 4 is 0 Å². The van der Waals surface area contributed by atoms with E-state index in [9.17, 15) is 5.11 Å². The smallest absolute Gasteiger partial charge is 0.0991 e. The molecule has 1 aromatic rings. The third kappa shape index (κ3) is 2.58. The van der Waals surface area contributed by atoms with E-state index in [1.165, 1.54) is 0 Å². The SMILES string of the molecule is N#Cc1ccc(CNC2COCC2O)cc1. The molecule has 4 nitrogen and oxygen atoms in total. The van der Waals surface area contributed by atoms with Crippen LogP contribution >= 0.6 is 0 Å². The van der Waals surface area contributed by atoms with Crippen molar-refractivity contribution in [2.24, 2.45) is 0 Å². The lowest BCUT2D eigenvalue weighted by atomic mass is 10.1. The molecule has 16 heavy (non-hydrogen) atoms. The summed E-state index contributed by atoms with van der Waals surface area (Å²) in [5.74, 6) is 0. The largest absolute Gasteiger partial charge is 0.389 e. The number of nitrogens with one attached hydrogen (secondary N) is 1. The molecule has 2 N–H and O–H groups in total. The highest BCUT2D eigenvalue weighted by Crippen LogP contribution is 2.07. The average molecular weight is 218 g/mol. The number of rotatable bonds is 3. The molecule has 4 heteroatoms. The van der Waals surface area contributed by atoms with Gasteiger partial charge in [0.1, 0.15) is 0 Å². The average Bonchev–Trinajstić information content (AvgIpc) is 2.73. The molecule has 1 fully saturated rings. The van der Waals surface area contributed by atoms with Gasteiger partial charge in [-0.05, 0) is 17.7 Å². The standard InChI is InChI=1S/C12H14N2O2/c13-5-9-1-3-10(4-2-9)6-14-11-7-16-8-12(11)15/h1-4,11-12,14-15H,6-8H2. The van der Waals surface area contributed by atoms with Crippen molar-refractivity contribution in [2.75, 3.05) is 13.2 Å². The topological polar surface area (TPSA) is 65.3 Å². The zero-order valence-electron chi connectivity index (χ0n) is 8.89. The lowest BCUT2D eigenvalue weighted by Gasteiger charge is -2.14. The summed E-state index contributed by atoms with van der Waals surface area (Å²) in [6.45, 7) is 1.64. The summed E-state index contributed by atoms with van der Waals surface area (Å²) in [5.41, 5.74) is 1.76. The molecule has 84 valence electrons. The Labute approximate surface area is 94.5 Å². The Kier molecular flexibility index (Phi) is 3.52. The van der Waals surface area contributed by atoms with Crippen molar-refractivity contribution in [3.8, 4) is 6.07 Å². The fourth-order valence-electron chi connectivity index (χ4n) is 1.68. The van der Waals surface area contributed by atoms with E-state index in [1.807, 2.05) is 12.1 Å². The zero-order chi connectivity index (χ0) is 11.4. The maximum atomic E-state index is 9.52. The number of nitrogens with zero attached hydrogens (tertiary/aromatic N) is 1. The molecule has 0 radical (unpaired) electrons. The zero-order valence-corrected chi connectivity index (χ0v) is 8.89. The van der Waals surface area contributed by atoms with Crippen LogP contribution in [0.4, 0.5) is 0 Å². The second-order valence-electron chi connectivity index (χ2n) is 3.90. The monoisotopic (exact) mass is 218 g/mol. The van der Waals surface area contributed by atoms with Crippen LogP contribution in [0.3, 0.4) is 0 Å². The van der Waals surface area contributed by atoms with Crippen LogP contribution < -0.4 is 5.32 Å². The Morgan fingerprint density at radius 1 is 1.38 bits per heavy atom. The molecule has 2 atom stereocenters. The van der Waals surface area contributed by atoms with Crippen LogP contribution in [-0.4, -0.2) is 30.5 Å². The first-order valence-electron chi connectivity index (χ1n) is 5.28. The van der Waals surface area contributed by atoms with E-state index >= 15 is 0 Å². The molecule has 0 spiro atoms. The molecule has 0 amide bonds. The molecule has 0 aliphatic carbocycles. The van der Waals surface area contributed by atoms with Gasteiger partial charge in [0.15, 0.2) is 0 Å². The van der Waals surface area contributed by atoms with Crippen LogP contribution in [0, 0.1) is 11.3 Å². The summed E-state index contributed by atoms with van der Waals surface area (Å²) in [6.07, 6.45) is -0.418. The van der Waals surface area contributed by atoms with Crippen molar-refractivity contribution in [2.45, 2.75) is 18.7 Å². The van der Waals surface area contributed by atoms with Gasteiger partial charge in [-0.25, -0.2) is 0 Å². The number of nitriles is 1. The van der Waals surface area contributed by atoms with Gasteiger partial charge in [0.05, 0.1) is 37.0 Å². The van der Waals surface area contributed by atoms with E-state index in [2.05, 4.69) is 11.4 Å². The molecule has 1 aromatic carbocycles. The molecule has 1 aliphatic rings. The van der Waals surface area contributed by atoms with Crippen molar-refractivity contribution < 1.29 is 9.84 Å². The fraction of sp³-hybridized carbons (Fsp3) is 0.417. The normalized spacial score (nSPS) is 24.2. The molecule has 2 unspecified atom stereocenters. The Morgan fingerprint density at radius 3 is 2.69 bits per heavy atom. The minimum atomic E-state index is -0.418. The molecule has 0 bridgehead atoms. The summed E-state index contributed by atoms with van der Waals surface area (Å²) in [6, 6.07) is 9.49. The van der Waals surface area contributed by atoms with Gasteiger partial charge in [-0.2, -0.15) is 5.26 Å². The van der Waals surface area contributed by atoms with E-state index in [0.29, 0.717) is 25.3 Å². The van der Waals surface area contributed by atoms with Crippen LogP contribution in [0.15, 0.2) is 24.3 Å². The van der Waals surface area contributed by atoms with Gasteiger partial charge in [-0.1, -0.05) is 12.1 Å². The lowest BCUT2D eigenvalue weighted by molar-refractivity contribution is 0.122. The Hall–Kier alpha value is -1.41. The Morgan fingerprint density at radius 2 is 2.12 bits per heavy atom. The first-order valence-corrected chi connectivity index (χ1v) is 5.28. The molecule has 1 saturated heterocycles. The van der Waals surface area contributed by atoms with Crippen molar-refractivity contribution in [1.82, 2.24) is 5.32 Å². The highest BCUT2D eigenvalue weighted by Gasteiger charge is 2.25. The Balaban J connectivity index is 1.87. The predicted molar refractivity (Wildman–Crippen MR) is 58.6 cm³/mol. The molecule has 1 heterocycles. The van der Waals surface area contributed by atoms with Gasteiger partial charge >= 0.3 is 0 Å². The summed E-state index contributed by atoms with van der Waals surface area (Å²) < 4.78 is 5.14. The highest BCUT2D eigenvalue weighted by molar-refractivity contribution is 5.31.